The molecule has 3 amide bonds. The number of piperidine rings is 1. The molecule has 1 aromatic rings. The highest BCUT2D eigenvalue weighted by atomic mass is 16.2. The minimum atomic E-state index is -0.566. The van der Waals surface area contributed by atoms with Crippen molar-refractivity contribution in [3.63, 3.8) is 0 Å². The fraction of sp³-hybridized carbons (Fsp3) is 0.450. The summed E-state index contributed by atoms with van der Waals surface area (Å²) in [4.78, 5) is 38.2. The van der Waals surface area contributed by atoms with Gasteiger partial charge in [-0.3, -0.25) is 19.7 Å². The second-order valence-corrected chi connectivity index (χ2v) is 7.27. The van der Waals surface area contributed by atoms with Gasteiger partial charge in [0.1, 0.15) is 6.04 Å². The lowest BCUT2D eigenvalue weighted by Gasteiger charge is -2.29. The Morgan fingerprint density at radius 1 is 1.15 bits per heavy atom. The van der Waals surface area contributed by atoms with Gasteiger partial charge in [-0.05, 0) is 30.5 Å². The van der Waals surface area contributed by atoms with Crippen LogP contribution in [0.4, 0.5) is 0 Å². The monoisotopic (exact) mass is 368 g/mol. The van der Waals surface area contributed by atoms with Crippen molar-refractivity contribution in [3.8, 4) is 0 Å². The van der Waals surface area contributed by atoms with Gasteiger partial charge < -0.3 is 15.5 Å². The molecule has 4 rings (SSSR count). The standard InChI is InChI=1S/C20H24N4O3/c25-17-5-4-16(19(26)23-17)24-12-15-3-1-2-14(18(15)20(24)27)11-22-10-13-6-8-21-9-7-13/h1-3,6,16,21-22H,4-5,7-12H2,(H,23,25,26). The third-order valence-corrected chi connectivity index (χ3v) is 5.46. The molecular formula is C20H24N4O3. The van der Waals surface area contributed by atoms with Crippen molar-refractivity contribution in [1.29, 1.82) is 0 Å². The van der Waals surface area contributed by atoms with Gasteiger partial charge in [0, 0.05) is 38.2 Å². The topological polar surface area (TPSA) is 90.5 Å². The quantitative estimate of drug-likeness (QED) is 0.519. The zero-order valence-electron chi connectivity index (χ0n) is 15.2. The lowest BCUT2D eigenvalue weighted by atomic mass is 10.0. The summed E-state index contributed by atoms with van der Waals surface area (Å²) >= 11 is 0. The van der Waals surface area contributed by atoms with Crippen LogP contribution >= 0.6 is 0 Å². The third-order valence-electron chi connectivity index (χ3n) is 5.46. The Hall–Kier alpha value is -2.51. The minimum absolute atomic E-state index is 0.113. The first-order chi connectivity index (χ1) is 13.1. The van der Waals surface area contributed by atoms with Crippen LogP contribution in [0.15, 0.2) is 29.8 Å². The maximum atomic E-state index is 13.0. The van der Waals surface area contributed by atoms with Gasteiger partial charge in [0.2, 0.25) is 11.8 Å². The maximum Gasteiger partial charge on any atom is 0.255 e. The average molecular weight is 368 g/mol. The van der Waals surface area contributed by atoms with E-state index in [9.17, 15) is 14.4 Å². The smallest absolute Gasteiger partial charge is 0.255 e. The van der Waals surface area contributed by atoms with Gasteiger partial charge in [0.25, 0.3) is 5.91 Å². The van der Waals surface area contributed by atoms with E-state index in [0.29, 0.717) is 25.1 Å². The molecule has 0 aromatic heterocycles. The maximum absolute atomic E-state index is 13.0. The molecule has 7 nitrogen and oxygen atoms in total. The molecule has 0 radical (unpaired) electrons. The first kappa shape index (κ1) is 17.9. The van der Waals surface area contributed by atoms with Crippen molar-refractivity contribution in [2.75, 3.05) is 19.6 Å². The Bertz CT molecular complexity index is 817. The van der Waals surface area contributed by atoms with Crippen LogP contribution in [0.25, 0.3) is 0 Å². The molecule has 0 bridgehead atoms. The SMILES string of the molecule is O=C1CCC(N2Cc3cccc(CNCC4=CCNCC4)c3C2=O)C(=O)N1. The first-order valence-electron chi connectivity index (χ1n) is 9.48. The number of rotatable bonds is 5. The van der Waals surface area contributed by atoms with E-state index in [2.05, 4.69) is 22.0 Å². The van der Waals surface area contributed by atoms with Gasteiger partial charge in [-0.2, -0.15) is 0 Å². The normalized spacial score (nSPS) is 22.5. The summed E-state index contributed by atoms with van der Waals surface area (Å²) in [5.41, 5.74) is 4.00. The fourth-order valence-electron chi connectivity index (χ4n) is 4.03. The summed E-state index contributed by atoms with van der Waals surface area (Å²) in [5, 5.41) is 9.08. The summed E-state index contributed by atoms with van der Waals surface area (Å²) < 4.78 is 0. The van der Waals surface area contributed by atoms with Crippen LogP contribution < -0.4 is 16.0 Å². The fourth-order valence-corrected chi connectivity index (χ4v) is 4.03. The number of amides is 3. The molecule has 1 unspecified atom stereocenters. The number of nitrogens with one attached hydrogen (secondary N) is 3. The molecule has 1 aromatic carbocycles. The molecule has 3 heterocycles. The van der Waals surface area contributed by atoms with Crippen LogP contribution in [-0.2, 0) is 22.7 Å². The third kappa shape index (κ3) is 3.65. The number of carbonyl (C=O) groups excluding carboxylic acids is 3. The molecule has 3 aliphatic rings. The first-order valence-corrected chi connectivity index (χ1v) is 9.48. The average Bonchev–Trinajstić information content (AvgIpc) is 3.00. The second kappa shape index (κ2) is 7.62. The predicted molar refractivity (Wildman–Crippen MR) is 99.8 cm³/mol. The molecule has 3 N–H and O–H groups in total. The van der Waals surface area contributed by atoms with E-state index in [0.717, 1.165) is 37.2 Å². The molecule has 1 saturated heterocycles. The highest BCUT2D eigenvalue weighted by molar-refractivity contribution is 6.05. The summed E-state index contributed by atoms with van der Waals surface area (Å²) in [6, 6.07) is 5.30. The van der Waals surface area contributed by atoms with Crippen molar-refractivity contribution in [2.24, 2.45) is 0 Å². The number of benzene rings is 1. The molecule has 0 aliphatic carbocycles. The van der Waals surface area contributed by atoms with Gasteiger partial charge in [0.15, 0.2) is 0 Å². The van der Waals surface area contributed by atoms with Crippen molar-refractivity contribution < 1.29 is 14.4 Å². The summed E-state index contributed by atoms with van der Waals surface area (Å²) in [6.45, 7) is 3.77. The zero-order chi connectivity index (χ0) is 18.8. The molecule has 27 heavy (non-hydrogen) atoms. The van der Waals surface area contributed by atoms with E-state index in [4.69, 9.17) is 0 Å². The van der Waals surface area contributed by atoms with Gasteiger partial charge in [-0.25, -0.2) is 0 Å². The van der Waals surface area contributed by atoms with Crippen LogP contribution in [-0.4, -0.2) is 48.3 Å². The highest BCUT2D eigenvalue weighted by Gasteiger charge is 2.39. The van der Waals surface area contributed by atoms with Crippen molar-refractivity contribution in [2.45, 2.75) is 38.4 Å². The molecule has 142 valence electrons. The molecular weight excluding hydrogens is 344 g/mol. The van der Waals surface area contributed by atoms with Crippen LogP contribution in [0.1, 0.15) is 40.7 Å². The predicted octanol–water partition coefficient (Wildman–Crippen LogP) is 0.457. The van der Waals surface area contributed by atoms with E-state index in [1.807, 2.05) is 18.2 Å². The molecule has 7 heteroatoms. The Morgan fingerprint density at radius 2 is 2.04 bits per heavy atom. The second-order valence-electron chi connectivity index (χ2n) is 7.27. The molecule has 0 saturated carbocycles. The lowest BCUT2D eigenvalue weighted by Crippen LogP contribution is -2.52. The van der Waals surface area contributed by atoms with E-state index >= 15 is 0 Å². The van der Waals surface area contributed by atoms with Gasteiger partial charge in [-0.1, -0.05) is 29.8 Å². The zero-order valence-corrected chi connectivity index (χ0v) is 15.2. The Kier molecular flexibility index (Phi) is 5.05. The van der Waals surface area contributed by atoms with Gasteiger partial charge >= 0.3 is 0 Å². The van der Waals surface area contributed by atoms with Crippen LogP contribution in [0.3, 0.4) is 0 Å². The number of fused-ring (bicyclic) bond motifs is 1. The van der Waals surface area contributed by atoms with E-state index in [1.54, 1.807) is 4.90 Å². The van der Waals surface area contributed by atoms with Crippen molar-refractivity contribution in [1.82, 2.24) is 20.9 Å². The Labute approximate surface area is 158 Å². The van der Waals surface area contributed by atoms with Crippen LogP contribution in [0.5, 0.6) is 0 Å². The number of hydrogen-bond donors (Lipinski definition) is 3. The number of imide groups is 1. The molecule has 1 fully saturated rings. The van der Waals surface area contributed by atoms with Gasteiger partial charge in [-0.15, -0.1) is 0 Å². The van der Waals surface area contributed by atoms with E-state index in [1.165, 1.54) is 5.57 Å². The Balaban J connectivity index is 1.45. The molecule has 3 aliphatic heterocycles. The van der Waals surface area contributed by atoms with Crippen molar-refractivity contribution in [3.05, 3.63) is 46.5 Å². The summed E-state index contributed by atoms with van der Waals surface area (Å²) in [6.07, 6.45) is 3.92. The molecule has 1 atom stereocenters. The van der Waals surface area contributed by atoms with Gasteiger partial charge in [0.05, 0.1) is 0 Å². The summed E-state index contributed by atoms with van der Waals surface area (Å²) in [7, 11) is 0. The van der Waals surface area contributed by atoms with E-state index in [-0.39, 0.29) is 24.1 Å². The minimum Gasteiger partial charge on any atom is -0.322 e. The lowest BCUT2D eigenvalue weighted by molar-refractivity contribution is -0.136. The largest absolute Gasteiger partial charge is 0.322 e. The number of carbonyl (C=O) groups is 3. The van der Waals surface area contributed by atoms with Crippen LogP contribution in [0, 0.1) is 0 Å². The van der Waals surface area contributed by atoms with Crippen molar-refractivity contribution >= 4 is 17.7 Å². The summed E-state index contributed by atoms with van der Waals surface area (Å²) in [5.74, 6) is -0.750. The Morgan fingerprint density at radius 3 is 2.81 bits per heavy atom. The van der Waals surface area contributed by atoms with Crippen LogP contribution in [0.2, 0.25) is 0 Å². The van der Waals surface area contributed by atoms with E-state index < -0.39 is 6.04 Å². The number of nitrogens with zero attached hydrogens (tertiary/aromatic N) is 1. The highest BCUT2D eigenvalue weighted by Crippen LogP contribution is 2.29. The number of hydrogen-bond acceptors (Lipinski definition) is 5. The molecule has 0 spiro atoms.